The topological polar surface area (TPSA) is 115 Å². The minimum Gasteiger partial charge on any atom is -0.497 e. The lowest BCUT2D eigenvalue weighted by atomic mass is 9.99. The zero-order valence-corrected chi connectivity index (χ0v) is 33.4. The maximum Gasteiger partial charge on any atom is 0.418 e. The van der Waals surface area contributed by atoms with Gasteiger partial charge in [0.15, 0.2) is 5.82 Å². The molecule has 0 unspecified atom stereocenters. The van der Waals surface area contributed by atoms with Crippen LogP contribution in [-0.4, -0.2) is 82.5 Å². The number of aryl methyl sites for hydroxylation is 1. The van der Waals surface area contributed by atoms with Crippen LogP contribution in [0.3, 0.4) is 0 Å². The monoisotopic (exact) mass is 803 g/mol. The number of carbonyl (C=O) groups is 1. The third kappa shape index (κ3) is 7.96. The number of ether oxygens (including phenoxy) is 4. The normalized spacial score (nSPS) is 16.7. The zero-order valence-electron chi connectivity index (χ0n) is 33.4. The van der Waals surface area contributed by atoms with E-state index in [0.29, 0.717) is 30.3 Å². The molecule has 0 aliphatic carbocycles. The van der Waals surface area contributed by atoms with Gasteiger partial charge in [-0.15, -0.1) is 0 Å². The molecule has 1 saturated heterocycles. The van der Waals surface area contributed by atoms with Crippen LogP contribution in [0.25, 0.3) is 22.3 Å². The first-order valence-corrected chi connectivity index (χ1v) is 18.9. The van der Waals surface area contributed by atoms with Gasteiger partial charge in [0.25, 0.3) is 0 Å². The van der Waals surface area contributed by atoms with E-state index >= 15 is 17.6 Å². The van der Waals surface area contributed by atoms with Crippen LogP contribution in [-0.2, 0) is 24.0 Å². The number of amides is 1. The lowest BCUT2D eigenvalue weighted by Gasteiger charge is -2.46. The van der Waals surface area contributed by atoms with Crippen LogP contribution < -0.4 is 24.0 Å². The summed E-state index contributed by atoms with van der Waals surface area (Å²) >= 11 is 0. The van der Waals surface area contributed by atoms with Gasteiger partial charge in [0.1, 0.15) is 64.0 Å². The predicted octanol–water partition coefficient (Wildman–Crippen LogP) is 8.37. The minimum absolute atomic E-state index is 0.0303. The number of piperazine rings is 1. The van der Waals surface area contributed by atoms with Crippen LogP contribution >= 0.6 is 0 Å². The van der Waals surface area contributed by atoms with E-state index in [1.807, 2.05) is 41.0 Å². The lowest BCUT2D eigenvalue weighted by Crippen LogP contribution is -2.63. The molecule has 16 heteroatoms. The van der Waals surface area contributed by atoms with Gasteiger partial charge < -0.3 is 33.6 Å². The molecule has 1 amide bonds. The number of aromatic nitrogens is 4. The van der Waals surface area contributed by atoms with Crippen LogP contribution in [0.1, 0.15) is 56.4 Å². The van der Waals surface area contributed by atoms with Gasteiger partial charge in [-0.25, -0.2) is 29.1 Å². The summed E-state index contributed by atoms with van der Waals surface area (Å²) in [7, 11) is 3.12. The Hall–Kier alpha value is -5.93. The Morgan fingerprint density at radius 3 is 2.09 bits per heavy atom. The summed E-state index contributed by atoms with van der Waals surface area (Å²) in [5.41, 5.74) is -2.01. The second-order valence-corrected chi connectivity index (χ2v) is 15.3. The number of hydrogen-bond acceptors (Lipinski definition) is 11. The van der Waals surface area contributed by atoms with Crippen molar-refractivity contribution in [2.24, 2.45) is 0 Å². The molecule has 2 aromatic carbocycles. The van der Waals surface area contributed by atoms with Crippen LogP contribution in [0.15, 0.2) is 60.9 Å². The van der Waals surface area contributed by atoms with E-state index < -0.39 is 52.7 Å². The molecule has 0 bridgehead atoms. The Kier molecular flexibility index (Phi) is 11.0. The highest BCUT2D eigenvalue weighted by Crippen LogP contribution is 2.45. The Labute approximate surface area is 333 Å². The first kappa shape index (κ1) is 40.3. The van der Waals surface area contributed by atoms with Gasteiger partial charge in [-0.1, -0.05) is 31.2 Å². The molecular formula is C42H45F4N7O5. The molecule has 7 rings (SSSR count). The third-order valence-electron chi connectivity index (χ3n) is 10.3. The van der Waals surface area contributed by atoms with Crippen molar-refractivity contribution in [3.63, 3.8) is 0 Å². The molecule has 2 aliphatic rings. The highest BCUT2D eigenvalue weighted by atomic mass is 19.4. The summed E-state index contributed by atoms with van der Waals surface area (Å²) in [4.78, 5) is 36.5. The van der Waals surface area contributed by atoms with E-state index in [9.17, 15) is 4.79 Å². The van der Waals surface area contributed by atoms with Crippen molar-refractivity contribution < 1.29 is 41.3 Å². The summed E-state index contributed by atoms with van der Waals surface area (Å²) < 4.78 is 84.9. The SMILES string of the molecule is CC[C@H]1[C@H]2COc3nc(-c4nc(N(Cc5ccc(OC)cc5)Cc5ccc(OC)cc5)cc(C)c4C(F)(F)F)c(F)c4ncnc(c34)N2CCN1C(=O)OC(C)(C)C. The fourth-order valence-corrected chi connectivity index (χ4v) is 7.64. The number of halogens is 4. The molecule has 0 spiro atoms. The van der Waals surface area contributed by atoms with E-state index in [4.69, 9.17) is 18.9 Å². The Bertz CT molecular complexity index is 2250. The van der Waals surface area contributed by atoms with Crippen LogP contribution in [0, 0.1) is 12.7 Å². The molecule has 3 aromatic heterocycles. The number of nitrogens with zero attached hydrogens (tertiary/aromatic N) is 7. The number of carbonyl (C=O) groups excluding carboxylic acids is 1. The molecule has 0 saturated carbocycles. The second-order valence-electron chi connectivity index (χ2n) is 15.3. The quantitative estimate of drug-likeness (QED) is 0.134. The van der Waals surface area contributed by atoms with Crippen molar-refractivity contribution in [3.05, 3.63) is 89.0 Å². The van der Waals surface area contributed by atoms with Crippen LogP contribution in [0.4, 0.5) is 34.0 Å². The maximum absolute atomic E-state index is 17.0. The van der Waals surface area contributed by atoms with Gasteiger partial charge in [-0.05, 0) is 81.1 Å². The van der Waals surface area contributed by atoms with E-state index in [0.717, 1.165) is 11.1 Å². The lowest BCUT2D eigenvalue weighted by molar-refractivity contribution is -0.137. The summed E-state index contributed by atoms with van der Waals surface area (Å²) in [6.07, 6.45) is -3.72. The second kappa shape index (κ2) is 15.8. The first-order valence-electron chi connectivity index (χ1n) is 18.9. The van der Waals surface area contributed by atoms with Crippen molar-refractivity contribution in [1.29, 1.82) is 0 Å². The Morgan fingerprint density at radius 2 is 1.53 bits per heavy atom. The van der Waals surface area contributed by atoms with Crippen molar-refractivity contribution in [1.82, 2.24) is 24.8 Å². The van der Waals surface area contributed by atoms with Crippen LogP contribution in [0.5, 0.6) is 17.4 Å². The van der Waals surface area contributed by atoms with E-state index in [-0.39, 0.29) is 54.4 Å². The largest absolute Gasteiger partial charge is 0.497 e. The number of alkyl halides is 3. The third-order valence-corrected chi connectivity index (χ3v) is 10.3. The highest BCUT2D eigenvalue weighted by molar-refractivity contribution is 5.97. The Balaban J connectivity index is 1.34. The van der Waals surface area contributed by atoms with Gasteiger partial charge >= 0.3 is 12.3 Å². The average Bonchev–Trinajstić information content (AvgIpc) is 3.35. The van der Waals surface area contributed by atoms with Gasteiger partial charge in [-0.2, -0.15) is 13.2 Å². The van der Waals surface area contributed by atoms with E-state index in [1.165, 1.54) is 19.3 Å². The highest BCUT2D eigenvalue weighted by Gasteiger charge is 2.44. The molecule has 12 nitrogen and oxygen atoms in total. The van der Waals surface area contributed by atoms with Gasteiger partial charge in [-0.3, -0.25) is 0 Å². The molecule has 1 fully saturated rings. The average molecular weight is 804 g/mol. The molecule has 2 aliphatic heterocycles. The molecule has 306 valence electrons. The minimum atomic E-state index is -4.93. The maximum atomic E-state index is 17.0. The standard InChI is InChI=1S/C42H45F4N7O5/c1-8-29-30-22-57-39-32-35(47-23-48-38(32)52(30)17-18-53(29)40(54)58-41(3,4)5)34(43)37(50-39)36-33(42(44,45)46)24(2)19-31(49-36)51(20-25-9-13-27(55-6)14-10-25)21-26-11-15-28(56-7)16-12-26/h9-16,19,23,29-30H,8,17-18,20-22H2,1-7H3/t29-,30+/m0/s1. The Morgan fingerprint density at radius 1 is 0.914 bits per heavy atom. The number of fused-ring (bicyclic) bond motifs is 2. The van der Waals surface area contributed by atoms with E-state index in [1.54, 1.807) is 64.2 Å². The molecular weight excluding hydrogens is 758 g/mol. The van der Waals surface area contributed by atoms with Gasteiger partial charge in [0, 0.05) is 26.2 Å². The molecule has 5 aromatic rings. The number of benzene rings is 2. The fraction of sp³-hybridized carbons (Fsp3) is 0.405. The molecule has 2 atom stereocenters. The zero-order chi connectivity index (χ0) is 41.5. The number of hydrogen-bond donors (Lipinski definition) is 0. The molecule has 58 heavy (non-hydrogen) atoms. The van der Waals surface area contributed by atoms with Crippen molar-refractivity contribution in [2.45, 2.75) is 78.0 Å². The smallest absolute Gasteiger partial charge is 0.418 e. The number of anilines is 2. The first-order chi connectivity index (χ1) is 27.6. The summed E-state index contributed by atoms with van der Waals surface area (Å²) in [5, 5.41) is 0.119. The van der Waals surface area contributed by atoms with Gasteiger partial charge in [0.05, 0.1) is 31.9 Å². The summed E-state index contributed by atoms with van der Waals surface area (Å²) in [5.74, 6) is 0.515. The van der Waals surface area contributed by atoms with Crippen LogP contribution in [0.2, 0.25) is 0 Å². The van der Waals surface area contributed by atoms with Gasteiger partial charge in [0.2, 0.25) is 5.88 Å². The van der Waals surface area contributed by atoms with Crippen molar-refractivity contribution in [2.75, 3.05) is 43.7 Å². The van der Waals surface area contributed by atoms with Crippen molar-refractivity contribution in [3.8, 4) is 28.8 Å². The number of methoxy groups -OCH3 is 2. The van der Waals surface area contributed by atoms with E-state index in [2.05, 4.69) is 19.9 Å². The fourth-order valence-electron chi connectivity index (χ4n) is 7.64. The molecule has 0 radical (unpaired) electrons. The number of rotatable bonds is 9. The van der Waals surface area contributed by atoms with Crippen molar-refractivity contribution >= 4 is 28.6 Å². The summed E-state index contributed by atoms with van der Waals surface area (Å²) in [6.45, 7) is 9.66. The predicted molar refractivity (Wildman–Crippen MR) is 210 cm³/mol. The molecule has 0 N–H and O–H groups in total. The summed E-state index contributed by atoms with van der Waals surface area (Å²) in [6, 6.07) is 15.1. The number of pyridine rings is 2. The molecule has 5 heterocycles.